The smallest absolute Gasteiger partial charge is 0.119 e. The first-order chi connectivity index (χ1) is 8.28. The first-order valence-electron chi connectivity index (χ1n) is 5.69. The highest BCUT2D eigenvalue weighted by Crippen LogP contribution is 2.16. The van der Waals surface area contributed by atoms with Gasteiger partial charge in [0.05, 0.1) is 7.11 Å². The number of benzene rings is 2. The summed E-state index contributed by atoms with van der Waals surface area (Å²) in [5.74, 6) is 1.21. The molecule has 0 saturated heterocycles. The van der Waals surface area contributed by atoms with E-state index in [0.29, 0.717) is 5.75 Å². The molecule has 0 saturated carbocycles. The van der Waals surface area contributed by atoms with Gasteiger partial charge in [0.25, 0.3) is 0 Å². The molecule has 0 atom stereocenters. The van der Waals surface area contributed by atoms with Crippen LogP contribution in [0.2, 0.25) is 0 Å². The highest BCUT2D eigenvalue weighted by Gasteiger charge is 1.98. The Bertz CT molecular complexity index is 492. The monoisotopic (exact) mass is 228 g/mol. The minimum atomic E-state index is 0.327. The number of aromatic hydroxyl groups is 1. The summed E-state index contributed by atoms with van der Waals surface area (Å²) in [5, 5.41) is 9.37. The highest BCUT2D eigenvalue weighted by atomic mass is 16.5. The Hall–Kier alpha value is -1.96. The van der Waals surface area contributed by atoms with Crippen molar-refractivity contribution in [2.24, 2.45) is 0 Å². The molecule has 0 aromatic heterocycles. The molecule has 0 spiro atoms. The number of hydrogen-bond donors (Lipinski definition) is 1. The maximum atomic E-state index is 9.37. The Morgan fingerprint density at radius 3 is 2.24 bits per heavy atom. The van der Waals surface area contributed by atoms with Gasteiger partial charge in [-0.2, -0.15) is 0 Å². The van der Waals surface area contributed by atoms with Crippen LogP contribution < -0.4 is 4.74 Å². The molecule has 2 heteroatoms. The van der Waals surface area contributed by atoms with Crippen LogP contribution in [0.4, 0.5) is 0 Å². The van der Waals surface area contributed by atoms with Gasteiger partial charge in [0.1, 0.15) is 11.5 Å². The van der Waals surface area contributed by atoms with Gasteiger partial charge < -0.3 is 9.84 Å². The Morgan fingerprint density at radius 2 is 1.59 bits per heavy atom. The van der Waals surface area contributed by atoms with Crippen LogP contribution in [0.25, 0.3) is 0 Å². The predicted octanol–water partition coefficient (Wildman–Crippen LogP) is 3.19. The van der Waals surface area contributed by atoms with Crippen molar-refractivity contribution in [1.82, 2.24) is 0 Å². The summed E-state index contributed by atoms with van der Waals surface area (Å²) in [6.07, 6.45) is 1.86. The van der Waals surface area contributed by atoms with Crippen molar-refractivity contribution < 1.29 is 9.84 Å². The summed E-state index contributed by atoms with van der Waals surface area (Å²) in [5.41, 5.74) is 2.39. The summed E-state index contributed by atoms with van der Waals surface area (Å²) < 4.78 is 5.19. The maximum Gasteiger partial charge on any atom is 0.119 e. The van der Waals surface area contributed by atoms with Crippen molar-refractivity contribution in [3.63, 3.8) is 0 Å². The average Bonchev–Trinajstić information content (AvgIpc) is 2.37. The van der Waals surface area contributed by atoms with Gasteiger partial charge in [0, 0.05) is 0 Å². The van der Waals surface area contributed by atoms with E-state index in [9.17, 15) is 5.11 Å². The van der Waals surface area contributed by atoms with Gasteiger partial charge in [-0.3, -0.25) is 0 Å². The summed E-state index contributed by atoms with van der Waals surface area (Å²) in [6.45, 7) is 0. The van der Waals surface area contributed by atoms with Gasteiger partial charge in [0.2, 0.25) is 0 Å². The van der Waals surface area contributed by atoms with Crippen molar-refractivity contribution in [2.75, 3.05) is 7.11 Å². The van der Waals surface area contributed by atoms with Crippen molar-refractivity contribution in [3.8, 4) is 11.5 Å². The summed E-state index contributed by atoms with van der Waals surface area (Å²) in [4.78, 5) is 0. The van der Waals surface area contributed by atoms with Crippen molar-refractivity contribution in [2.45, 2.75) is 12.8 Å². The van der Waals surface area contributed by atoms with Gasteiger partial charge in [-0.15, -0.1) is 0 Å². The van der Waals surface area contributed by atoms with Gasteiger partial charge in [-0.25, -0.2) is 0 Å². The number of ether oxygens (including phenoxy) is 1. The third-order valence-electron chi connectivity index (χ3n) is 2.75. The van der Waals surface area contributed by atoms with Crippen LogP contribution in [-0.2, 0) is 12.8 Å². The Kier molecular flexibility index (Phi) is 3.66. The van der Waals surface area contributed by atoms with Gasteiger partial charge >= 0.3 is 0 Å². The zero-order chi connectivity index (χ0) is 12.1. The topological polar surface area (TPSA) is 29.5 Å². The van der Waals surface area contributed by atoms with Crippen LogP contribution in [0.15, 0.2) is 48.5 Å². The van der Waals surface area contributed by atoms with Crippen LogP contribution in [0.3, 0.4) is 0 Å². The molecule has 88 valence electrons. The average molecular weight is 228 g/mol. The fourth-order valence-electron chi connectivity index (χ4n) is 1.83. The van der Waals surface area contributed by atoms with E-state index in [1.807, 2.05) is 30.3 Å². The summed E-state index contributed by atoms with van der Waals surface area (Å²) in [6, 6.07) is 15.5. The molecule has 0 fully saturated rings. The second kappa shape index (κ2) is 5.39. The second-order valence-corrected chi connectivity index (χ2v) is 4.02. The van der Waals surface area contributed by atoms with E-state index < -0.39 is 0 Å². The van der Waals surface area contributed by atoms with E-state index >= 15 is 0 Å². The Labute approximate surface area is 101 Å². The molecular weight excluding hydrogens is 212 g/mol. The van der Waals surface area contributed by atoms with Crippen LogP contribution in [0.1, 0.15) is 11.1 Å². The lowest BCUT2D eigenvalue weighted by Crippen LogP contribution is -1.92. The summed E-state index contributed by atoms with van der Waals surface area (Å²) in [7, 11) is 1.67. The molecule has 2 aromatic rings. The van der Waals surface area contributed by atoms with E-state index in [2.05, 4.69) is 6.07 Å². The summed E-state index contributed by atoms with van der Waals surface area (Å²) >= 11 is 0. The molecule has 2 nitrogen and oxygen atoms in total. The first kappa shape index (κ1) is 11.5. The Morgan fingerprint density at radius 1 is 0.941 bits per heavy atom. The molecule has 0 aliphatic carbocycles. The molecule has 0 aliphatic rings. The molecule has 0 bridgehead atoms. The first-order valence-corrected chi connectivity index (χ1v) is 5.69. The minimum absolute atomic E-state index is 0.327. The number of phenolic OH excluding ortho intramolecular Hbond substituents is 1. The lowest BCUT2D eigenvalue weighted by Gasteiger charge is -2.05. The van der Waals surface area contributed by atoms with Crippen LogP contribution in [0, 0.1) is 0 Å². The number of aryl methyl sites for hydroxylation is 2. The van der Waals surface area contributed by atoms with E-state index in [-0.39, 0.29) is 0 Å². The standard InChI is InChI=1S/C15H16O2/c1-17-15-7-3-5-13(11-15)9-8-12-4-2-6-14(16)10-12/h2-7,10-11,16H,8-9H2,1H3. The third kappa shape index (κ3) is 3.25. The van der Waals surface area contributed by atoms with Crippen LogP contribution in [-0.4, -0.2) is 12.2 Å². The van der Waals surface area contributed by atoms with E-state index in [1.54, 1.807) is 19.2 Å². The second-order valence-electron chi connectivity index (χ2n) is 4.02. The number of methoxy groups -OCH3 is 1. The van der Waals surface area contributed by atoms with Crippen molar-refractivity contribution >= 4 is 0 Å². The van der Waals surface area contributed by atoms with Crippen molar-refractivity contribution in [3.05, 3.63) is 59.7 Å². The lowest BCUT2D eigenvalue weighted by atomic mass is 10.0. The van der Waals surface area contributed by atoms with Gasteiger partial charge in [-0.1, -0.05) is 24.3 Å². The lowest BCUT2D eigenvalue weighted by molar-refractivity contribution is 0.414. The highest BCUT2D eigenvalue weighted by molar-refractivity contribution is 5.31. The quantitative estimate of drug-likeness (QED) is 0.870. The predicted molar refractivity (Wildman–Crippen MR) is 68.5 cm³/mol. The third-order valence-corrected chi connectivity index (χ3v) is 2.75. The molecule has 0 amide bonds. The molecule has 2 rings (SSSR count). The van der Waals surface area contributed by atoms with Gasteiger partial charge in [-0.05, 0) is 48.2 Å². The fraction of sp³-hybridized carbons (Fsp3) is 0.200. The van der Waals surface area contributed by atoms with E-state index in [0.717, 1.165) is 24.2 Å². The number of phenols is 1. The van der Waals surface area contributed by atoms with Gasteiger partial charge in [0.15, 0.2) is 0 Å². The molecular formula is C15H16O2. The zero-order valence-corrected chi connectivity index (χ0v) is 9.89. The fourth-order valence-corrected chi connectivity index (χ4v) is 1.83. The minimum Gasteiger partial charge on any atom is -0.508 e. The molecule has 0 aliphatic heterocycles. The molecule has 0 heterocycles. The van der Waals surface area contributed by atoms with Crippen molar-refractivity contribution in [1.29, 1.82) is 0 Å². The molecule has 0 radical (unpaired) electrons. The Balaban J connectivity index is 2.02. The van der Waals surface area contributed by atoms with E-state index in [1.165, 1.54) is 5.56 Å². The SMILES string of the molecule is COc1cccc(CCc2cccc(O)c2)c1. The van der Waals surface area contributed by atoms with Crippen LogP contribution >= 0.6 is 0 Å². The van der Waals surface area contributed by atoms with E-state index in [4.69, 9.17) is 4.74 Å². The maximum absolute atomic E-state index is 9.37. The molecule has 17 heavy (non-hydrogen) atoms. The van der Waals surface area contributed by atoms with Crippen LogP contribution in [0.5, 0.6) is 11.5 Å². The number of rotatable bonds is 4. The number of hydrogen-bond acceptors (Lipinski definition) is 2. The normalized spacial score (nSPS) is 10.2. The molecule has 1 N–H and O–H groups in total. The molecule has 2 aromatic carbocycles. The largest absolute Gasteiger partial charge is 0.508 e. The molecule has 0 unspecified atom stereocenters. The zero-order valence-electron chi connectivity index (χ0n) is 9.89.